The Labute approximate surface area is 109 Å². The minimum absolute atomic E-state index is 0.131. The van der Waals surface area contributed by atoms with E-state index in [9.17, 15) is 9.59 Å². The predicted molar refractivity (Wildman–Crippen MR) is 61.2 cm³/mol. The molecule has 0 fully saturated rings. The smallest absolute Gasteiger partial charge is 0.338 e. The standard InChI is InChI=1S/C10H19NO8/c12-4-1-11(2-5-13)3-6-19-10(18)8(15)7(14)9(16)17/h7-8,12-15H,1-6H2,(H,16,17). The van der Waals surface area contributed by atoms with Gasteiger partial charge in [0, 0.05) is 19.6 Å². The first kappa shape index (κ1) is 17.7. The summed E-state index contributed by atoms with van der Waals surface area (Å²) in [6.07, 6.45) is -4.39. The summed E-state index contributed by atoms with van der Waals surface area (Å²) in [6.45, 7) is 0.324. The largest absolute Gasteiger partial charge is 0.479 e. The van der Waals surface area contributed by atoms with Gasteiger partial charge < -0.3 is 30.3 Å². The fourth-order valence-electron chi connectivity index (χ4n) is 1.24. The van der Waals surface area contributed by atoms with Crippen LogP contribution in [0.5, 0.6) is 0 Å². The minimum atomic E-state index is -2.24. The first-order chi connectivity index (χ1) is 8.93. The van der Waals surface area contributed by atoms with E-state index in [0.717, 1.165) is 0 Å². The Morgan fingerprint density at radius 1 is 1.00 bits per heavy atom. The van der Waals surface area contributed by atoms with Gasteiger partial charge in [-0.3, -0.25) is 4.90 Å². The Balaban J connectivity index is 4.04. The van der Waals surface area contributed by atoms with Crippen molar-refractivity contribution in [3.05, 3.63) is 0 Å². The first-order valence-corrected chi connectivity index (χ1v) is 5.63. The number of aliphatic hydroxyl groups is 4. The number of aliphatic carboxylic acids is 1. The van der Waals surface area contributed by atoms with Gasteiger partial charge in [-0.15, -0.1) is 0 Å². The van der Waals surface area contributed by atoms with Crippen LogP contribution in [0, 0.1) is 0 Å². The number of hydrogen-bond donors (Lipinski definition) is 5. The Morgan fingerprint density at radius 2 is 1.53 bits per heavy atom. The number of rotatable bonds is 10. The fourth-order valence-corrected chi connectivity index (χ4v) is 1.24. The lowest BCUT2D eigenvalue weighted by atomic mass is 10.2. The molecule has 0 heterocycles. The summed E-state index contributed by atoms with van der Waals surface area (Å²) in [5.41, 5.74) is 0. The summed E-state index contributed by atoms with van der Waals surface area (Å²) < 4.78 is 4.58. The molecule has 0 spiro atoms. The van der Waals surface area contributed by atoms with Gasteiger partial charge in [0.2, 0.25) is 0 Å². The number of nitrogens with zero attached hydrogens (tertiary/aromatic N) is 1. The SMILES string of the molecule is O=C(O)C(O)C(O)C(=O)OCCN(CCO)CCO. The number of carbonyl (C=O) groups is 2. The lowest BCUT2D eigenvalue weighted by Gasteiger charge is -2.20. The van der Waals surface area contributed by atoms with Gasteiger partial charge in [-0.25, -0.2) is 9.59 Å². The molecule has 2 unspecified atom stereocenters. The first-order valence-electron chi connectivity index (χ1n) is 5.63. The second-order valence-corrected chi connectivity index (χ2v) is 3.68. The number of carbonyl (C=O) groups excluding carboxylic acids is 1. The van der Waals surface area contributed by atoms with E-state index in [1.165, 1.54) is 0 Å². The van der Waals surface area contributed by atoms with Crippen LogP contribution in [0.3, 0.4) is 0 Å². The number of esters is 1. The predicted octanol–water partition coefficient (Wildman–Crippen LogP) is -3.38. The molecule has 5 N–H and O–H groups in total. The molecule has 0 radical (unpaired) electrons. The molecule has 0 saturated heterocycles. The van der Waals surface area contributed by atoms with E-state index in [-0.39, 0.29) is 39.5 Å². The minimum Gasteiger partial charge on any atom is -0.479 e. The second-order valence-electron chi connectivity index (χ2n) is 3.68. The van der Waals surface area contributed by atoms with Crippen LogP contribution >= 0.6 is 0 Å². The van der Waals surface area contributed by atoms with Crippen molar-refractivity contribution >= 4 is 11.9 Å². The summed E-state index contributed by atoms with van der Waals surface area (Å²) in [5, 5.41) is 43.9. The molecule has 0 aliphatic heterocycles. The van der Waals surface area contributed by atoms with E-state index < -0.39 is 24.1 Å². The third-order valence-corrected chi connectivity index (χ3v) is 2.28. The molecule has 2 atom stereocenters. The molecule has 112 valence electrons. The normalized spacial score (nSPS) is 14.2. The maximum absolute atomic E-state index is 11.2. The zero-order valence-corrected chi connectivity index (χ0v) is 10.3. The van der Waals surface area contributed by atoms with Gasteiger partial charge in [0.15, 0.2) is 12.2 Å². The van der Waals surface area contributed by atoms with Crippen LogP contribution in [0.1, 0.15) is 0 Å². The lowest BCUT2D eigenvalue weighted by Crippen LogP contribution is -2.41. The monoisotopic (exact) mass is 281 g/mol. The number of carboxylic acid groups (broad SMARTS) is 1. The highest BCUT2D eigenvalue weighted by Crippen LogP contribution is 1.98. The second kappa shape index (κ2) is 9.64. The van der Waals surface area contributed by atoms with E-state index in [4.69, 9.17) is 25.5 Å². The molecule has 0 aromatic rings. The molecular formula is C10H19NO8. The van der Waals surface area contributed by atoms with Crippen molar-refractivity contribution in [1.29, 1.82) is 0 Å². The molecule has 0 amide bonds. The van der Waals surface area contributed by atoms with Crippen molar-refractivity contribution in [2.75, 3.05) is 39.5 Å². The highest BCUT2D eigenvalue weighted by atomic mass is 16.6. The highest BCUT2D eigenvalue weighted by Gasteiger charge is 2.31. The van der Waals surface area contributed by atoms with Gasteiger partial charge >= 0.3 is 11.9 Å². The maximum Gasteiger partial charge on any atom is 0.338 e. The Hall–Kier alpha value is -1.26. The van der Waals surface area contributed by atoms with Crippen LogP contribution in [0.2, 0.25) is 0 Å². The molecule has 0 aromatic carbocycles. The van der Waals surface area contributed by atoms with Crippen molar-refractivity contribution in [2.24, 2.45) is 0 Å². The van der Waals surface area contributed by atoms with E-state index in [0.29, 0.717) is 0 Å². The van der Waals surface area contributed by atoms with Gasteiger partial charge in [-0.2, -0.15) is 0 Å². The average molecular weight is 281 g/mol. The Morgan fingerprint density at radius 3 is 1.95 bits per heavy atom. The third-order valence-electron chi connectivity index (χ3n) is 2.28. The molecule has 0 bridgehead atoms. The molecule has 9 nitrogen and oxygen atoms in total. The third kappa shape index (κ3) is 7.03. The van der Waals surface area contributed by atoms with Crippen LogP contribution in [0.25, 0.3) is 0 Å². The summed E-state index contributed by atoms with van der Waals surface area (Å²) in [4.78, 5) is 23.1. The number of carboxylic acids is 1. The Kier molecular flexibility index (Phi) is 9.00. The quantitative estimate of drug-likeness (QED) is 0.259. The molecule has 0 aliphatic carbocycles. The fraction of sp³-hybridized carbons (Fsp3) is 0.800. The van der Waals surface area contributed by atoms with Gasteiger partial charge in [0.25, 0.3) is 0 Å². The zero-order chi connectivity index (χ0) is 14.8. The van der Waals surface area contributed by atoms with Gasteiger partial charge in [-0.05, 0) is 0 Å². The number of aliphatic hydroxyl groups excluding tert-OH is 4. The maximum atomic E-state index is 11.2. The lowest BCUT2D eigenvalue weighted by molar-refractivity contribution is -0.170. The van der Waals surface area contributed by atoms with Crippen LogP contribution in [0.4, 0.5) is 0 Å². The molecule has 0 aliphatic rings. The Bertz CT molecular complexity index is 279. The highest BCUT2D eigenvalue weighted by molar-refractivity contribution is 5.84. The molecular weight excluding hydrogens is 262 g/mol. The van der Waals surface area contributed by atoms with E-state index in [1.54, 1.807) is 4.90 Å². The average Bonchev–Trinajstić information content (AvgIpc) is 2.37. The molecule has 19 heavy (non-hydrogen) atoms. The van der Waals surface area contributed by atoms with Crippen molar-refractivity contribution < 1.29 is 39.9 Å². The molecule has 9 heteroatoms. The van der Waals surface area contributed by atoms with Crippen molar-refractivity contribution in [3.8, 4) is 0 Å². The van der Waals surface area contributed by atoms with Crippen LogP contribution in [-0.2, 0) is 14.3 Å². The van der Waals surface area contributed by atoms with E-state index in [2.05, 4.69) is 4.74 Å². The van der Waals surface area contributed by atoms with Crippen molar-refractivity contribution in [3.63, 3.8) is 0 Å². The van der Waals surface area contributed by atoms with Crippen LogP contribution in [0.15, 0.2) is 0 Å². The number of ether oxygens (including phenoxy) is 1. The van der Waals surface area contributed by atoms with E-state index in [1.807, 2.05) is 0 Å². The molecule has 0 saturated carbocycles. The summed E-state index contributed by atoms with van der Waals surface area (Å²) in [6, 6.07) is 0. The summed E-state index contributed by atoms with van der Waals surface area (Å²) >= 11 is 0. The van der Waals surface area contributed by atoms with Crippen molar-refractivity contribution in [2.45, 2.75) is 12.2 Å². The van der Waals surface area contributed by atoms with Crippen LogP contribution in [-0.4, -0.2) is 94.0 Å². The summed E-state index contributed by atoms with van der Waals surface area (Å²) in [7, 11) is 0. The van der Waals surface area contributed by atoms with Gasteiger partial charge in [0.1, 0.15) is 6.61 Å². The zero-order valence-electron chi connectivity index (χ0n) is 10.3. The van der Waals surface area contributed by atoms with Gasteiger partial charge in [0.05, 0.1) is 13.2 Å². The van der Waals surface area contributed by atoms with E-state index >= 15 is 0 Å². The summed E-state index contributed by atoms with van der Waals surface area (Å²) in [5.74, 6) is -2.98. The topological polar surface area (TPSA) is 148 Å². The van der Waals surface area contributed by atoms with Gasteiger partial charge in [-0.1, -0.05) is 0 Å². The number of hydrogen-bond acceptors (Lipinski definition) is 8. The molecule has 0 rings (SSSR count). The van der Waals surface area contributed by atoms with Crippen LogP contribution < -0.4 is 0 Å². The molecule has 0 aromatic heterocycles. The van der Waals surface area contributed by atoms with Crippen molar-refractivity contribution in [1.82, 2.24) is 4.90 Å².